The average Bonchev–Trinajstić information content (AvgIpc) is 3.21. The SMILES string of the molecule is CCOC(=O)C1=C(CSc2ccc(C)cc2)NC(=O)N[C@H]1c1ccc2c(c1)OCO2. The minimum Gasteiger partial charge on any atom is -0.463 e. The van der Waals surface area contributed by atoms with E-state index >= 15 is 0 Å². The molecular weight excluding hydrogens is 404 g/mol. The number of amides is 2. The van der Waals surface area contributed by atoms with Crippen molar-refractivity contribution in [3.63, 3.8) is 0 Å². The molecule has 0 spiro atoms. The number of esters is 1. The van der Waals surface area contributed by atoms with Gasteiger partial charge in [0.05, 0.1) is 18.2 Å². The van der Waals surface area contributed by atoms with E-state index in [0.29, 0.717) is 28.5 Å². The molecule has 30 heavy (non-hydrogen) atoms. The lowest BCUT2D eigenvalue weighted by Gasteiger charge is -2.29. The van der Waals surface area contributed by atoms with Crippen molar-refractivity contribution in [1.82, 2.24) is 10.6 Å². The van der Waals surface area contributed by atoms with Gasteiger partial charge in [-0.1, -0.05) is 23.8 Å². The summed E-state index contributed by atoms with van der Waals surface area (Å²) in [5.41, 5.74) is 2.80. The van der Waals surface area contributed by atoms with Crippen molar-refractivity contribution in [3.05, 3.63) is 64.9 Å². The first-order valence-corrected chi connectivity index (χ1v) is 10.6. The van der Waals surface area contributed by atoms with Crippen molar-refractivity contribution in [3.8, 4) is 11.5 Å². The maximum atomic E-state index is 12.9. The number of hydrogen-bond acceptors (Lipinski definition) is 6. The largest absolute Gasteiger partial charge is 0.463 e. The third-order valence-electron chi connectivity index (χ3n) is 4.78. The van der Waals surface area contributed by atoms with Crippen molar-refractivity contribution in [2.75, 3.05) is 19.2 Å². The summed E-state index contributed by atoms with van der Waals surface area (Å²) < 4.78 is 16.1. The van der Waals surface area contributed by atoms with Crippen LogP contribution in [0.2, 0.25) is 0 Å². The monoisotopic (exact) mass is 426 g/mol. The van der Waals surface area contributed by atoms with Gasteiger partial charge in [0.25, 0.3) is 0 Å². The molecule has 2 aromatic rings. The highest BCUT2D eigenvalue weighted by atomic mass is 32.2. The molecule has 4 rings (SSSR count). The summed E-state index contributed by atoms with van der Waals surface area (Å²) in [6, 6.07) is 12.4. The van der Waals surface area contributed by atoms with Crippen molar-refractivity contribution >= 4 is 23.8 Å². The van der Waals surface area contributed by atoms with Gasteiger partial charge in [-0.15, -0.1) is 11.8 Å². The zero-order valence-corrected chi connectivity index (χ0v) is 17.5. The molecule has 2 aromatic carbocycles. The van der Waals surface area contributed by atoms with Crippen LogP contribution in [0.15, 0.2) is 58.6 Å². The Hall–Kier alpha value is -3.13. The molecule has 0 saturated carbocycles. The van der Waals surface area contributed by atoms with Crippen LogP contribution in [0, 0.1) is 6.92 Å². The van der Waals surface area contributed by atoms with E-state index in [0.717, 1.165) is 10.5 Å². The van der Waals surface area contributed by atoms with Gasteiger partial charge in [-0.05, 0) is 43.7 Å². The predicted octanol–water partition coefficient (Wildman–Crippen LogP) is 3.69. The average molecular weight is 426 g/mol. The second-order valence-corrected chi connectivity index (χ2v) is 7.91. The minimum absolute atomic E-state index is 0.149. The van der Waals surface area contributed by atoms with Crippen molar-refractivity contribution < 1.29 is 23.8 Å². The zero-order valence-electron chi connectivity index (χ0n) is 16.7. The Morgan fingerprint density at radius 1 is 1.17 bits per heavy atom. The Labute approximate surface area is 178 Å². The number of carbonyl (C=O) groups excluding carboxylic acids is 2. The molecule has 0 fully saturated rings. The first kappa shape index (κ1) is 20.2. The van der Waals surface area contributed by atoms with Gasteiger partial charge < -0.3 is 24.8 Å². The summed E-state index contributed by atoms with van der Waals surface area (Å²) in [6.45, 7) is 4.17. The number of hydrogen-bond donors (Lipinski definition) is 2. The molecule has 0 aromatic heterocycles. The van der Waals surface area contributed by atoms with Crippen LogP contribution in [0.5, 0.6) is 11.5 Å². The molecule has 156 valence electrons. The van der Waals surface area contributed by atoms with E-state index in [9.17, 15) is 9.59 Å². The smallest absolute Gasteiger partial charge is 0.338 e. The molecule has 0 radical (unpaired) electrons. The van der Waals surface area contributed by atoms with Gasteiger partial charge in [0, 0.05) is 16.3 Å². The number of fused-ring (bicyclic) bond motifs is 1. The van der Waals surface area contributed by atoms with Crippen molar-refractivity contribution in [1.29, 1.82) is 0 Å². The van der Waals surface area contributed by atoms with Crippen LogP contribution in [-0.4, -0.2) is 31.2 Å². The molecule has 0 bridgehead atoms. The predicted molar refractivity (Wildman–Crippen MR) is 113 cm³/mol. The van der Waals surface area contributed by atoms with Gasteiger partial charge in [0.1, 0.15) is 0 Å². The highest BCUT2D eigenvalue weighted by Gasteiger charge is 2.34. The zero-order chi connectivity index (χ0) is 21.1. The molecular formula is C22H22N2O5S. The molecule has 0 aliphatic carbocycles. The summed E-state index contributed by atoms with van der Waals surface area (Å²) >= 11 is 1.54. The van der Waals surface area contributed by atoms with Crippen molar-refractivity contribution in [2.45, 2.75) is 24.8 Å². The van der Waals surface area contributed by atoms with Crippen LogP contribution in [0.3, 0.4) is 0 Å². The summed E-state index contributed by atoms with van der Waals surface area (Å²) in [7, 11) is 0. The molecule has 2 amide bonds. The molecule has 2 heterocycles. The van der Waals surface area contributed by atoms with Gasteiger partial charge in [-0.25, -0.2) is 9.59 Å². The number of aryl methyl sites for hydroxylation is 1. The van der Waals surface area contributed by atoms with Crippen molar-refractivity contribution in [2.24, 2.45) is 0 Å². The van der Waals surface area contributed by atoms with E-state index in [4.69, 9.17) is 14.2 Å². The first-order valence-electron chi connectivity index (χ1n) is 9.62. The van der Waals surface area contributed by atoms with Crippen LogP contribution < -0.4 is 20.1 Å². The van der Waals surface area contributed by atoms with E-state index in [1.165, 1.54) is 5.56 Å². The fourth-order valence-corrected chi connectivity index (χ4v) is 4.18. The van der Waals surface area contributed by atoms with Gasteiger partial charge in [0.15, 0.2) is 11.5 Å². The van der Waals surface area contributed by atoms with Gasteiger partial charge in [0.2, 0.25) is 6.79 Å². The lowest BCUT2D eigenvalue weighted by molar-refractivity contribution is -0.139. The third-order valence-corrected chi connectivity index (χ3v) is 5.82. The first-order chi connectivity index (χ1) is 14.5. The molecule has 2 N–H and O–H groups in total. The summed E-state index contributed by atoms with van der Waals surface area (Å²) in [5, 5.41) is 5.63. The van der Waals surface area contributed by atoms with Crippen LogP contribution in [0.1, 0.15) is 24.1 Å². The topological polar surface area (TPSA) is 85.9 Å². The molecule has 2 aliphatic heterocycles. The van der Waals surface area contributed by atoms with E-state index in [-0.39, 0.29) is 19.4 Å². The Balaban J connectivity index is 1.68. The maximum Gasteiger partial charge on any atom is 0.338 e. The Morgan fingerprint density at radius 2 is 1.93 bits per heavy atom. The second kappa shape index (κ2) is 8.71. The molecule has 2 aliphatic rings. The van der Waals surface area contributed by atoms with Gasteiger partial charge in [-0.2, -0.15) is 0 Å². The summed E-state index contributed by atoms with van der Waals surface area (Å²) in [4.78, 5) is 26.3. The number of carbonyl (C=O) groups is 2. The number of ether oxygens (including phenoxy) is 3. The quantitative estimate of drug-likeness (QED) is 0.541. The lowest BCUT2D eigenvalue weighted by Crippen LogP contribution is -2.46. The number of urea groups is 1. The summed E-state index contributed by atoms with van der Waals surface area (Å²) in [5.74, 6) is 1.17. The lowest BCUT2D eigenvalue weighted by atomic mass is 9.95. The number of benzene rings is 2. The number of nitrogens with one attached hydrogen (secondary N) is 2. The highest BCUT2D eigenvalue weighted by molar-refractivity contribution is 7.99. The molecule has 8 heteroatoms. The second-order valence-electron chi connectivity index (χ2n) is 6.86. The number of thioether (sulfide) groups is 1. The Kier molecular flexibility index (Phi) is 5.85. The molecule has 0 saturated heterocycles. The van der Waals surface area contributed by atoms with E-state index < -0.39 is 12.0 Å². The fraction of sp³-hybridized carbons (Fsp3) is 0.273. The normalized spacial score (nSPS) is 17.4. The van der Waals surface area contributed by atoms with Crippen LogP contribution >= 0.6 is 11.8 Å². The van der Waals surface area contributed by atoms with E-state index in [1.54, 1.807) is 30.8 Å². The Morgan fingerprint density at radius 3 is 2.70 bits per heavy atom. The van der Waals surface area contributed by atoms with Gasteiger partial charge in [-0.3, -0.25) is 0 Å². The van der Waals surface area contributed by atoms with Crippen LogP contribution in [0.25, 0.3) is 0 Å². The van der Waals surface area contributed by atoms with Gasteiger partial charge >= 0.3 is 12.0 Å². The summed E-state index contributed by atoms with van der Waals surface area (Å²) in [6.07, 6.45) is 0. The third kappa shape index (κ3) is 4.23. The molecule has 7 nitrogen and oxygen atoms in total. The maximum absolute atomic E-state index is 12.9. The molecule has 1 atom stereocenters. The molecule has 0 unspecified atom stereocenters. The fourth-order valence-electron chi connectivity index (χ4n) is 3.31. The highest BCUT2D eigenvalue weighted by Crippen LogP contribution is 2.37. The van der Waals surface area contributed by atoms with E-state index in [1.807, 2.05) is 37.3 Å². The van der Waals surface area contributed by atoms with E-state index in [2.05, 4.69) is 10.6 Å². The standard InChI is InChI=1S/C22H22N2O5S/c1-3-27-21(25)19-16(11-30-15-7-4-13(2)5-8-15)23-22(26)24-20(19)14-6-9-17-18(10-14)29-12-28-17/h4-10,20H,3,11-12H2,1-2H3,(H2,23,24,26)/t20-/m0/s1. The minimum atomic E-state index is -0.652. The van der Waals surface area contributed by atoms with Crippen LogP contribution in [-0.2, 0) is 9.53 Å². The van der Waals surface area contributed by atoms with Crippen LogP contribution in [0.4, 0.5) is 4.79 Å². The number of rotatable bonds is 6. The Bertz CT molecular complexity index is 1000.